The smallest absolute Gasteiger partial charge is 0.131 e. The molecule has 0 bridgehead atoms. The van der Waals surface area contributed by atoms with Crippen LogP contribution in [0.5, 0.6) is 0 Å². The summed E-state index contributed by atoms with van der Waals surface area (Å²) in [5.74, 6) is 0.661. The third-order valence-electron chi connectivity index (χ3n) is 3.27. The molecule has 0 aromatic rings. The predicted octanol–water partition coefficient (Wildman–Crippen LogP) is 2.82. The number of ether oxygens (including phenoxy) is 2. The fraction of sp³-hybridized carbons (Fsp3) is 1.00. The number of hydrogen-bond acceptors (Lipinski definition) is 5. The first-order valence-corrected chi connectivity index (χ1v) is 6.16. The zero-order valence-corrected chi connectivity index (χ0v) is 10.5. The van der Waals surface area contributed by atoms with Gasteiger partial charge in [-0.2, -0.15) is 0 Å². The van der Waals surface area contributed by atoms with Gasteiger partial charge in [0.2, 0.25) is 0 Å². The molecule has 0 aliphatic carbocycles. The molecule has 1 aliphatic heterocycles. The average molecular weight is 233 g/mol. The van der Waals surface area contributed by atoms with Crippen LogP contribution in [-0.2, 0) is 9.47 Å². The zero-order valence-electron chi connectivity index (χ0n) is 9.67. The molecule has 0 N–H and O–H groups in total. The minimum absolute atomic E-state index is 0.0699. The van der Waals surface area contributed by atoms with Crippen LogP contribution in [0.3, 0.4) is 0 Å². The van der Waals surface area contributed by atoms with Crippen molar-refractivity contribution in [3.05, 3.63) is 4.91 Å². The maximum absolute atomic E-state index is 10.3. The summed E-state index contributed by atoms with van der Waals surface area (Å²) < 4.78 is 14.1. The summed E-state index contributed by atoms with van der Waals surface area (Å²) in [5, 5.41) is 0. The average Bonchev–Trinajstić information content (AvgIpc) is 2.24. The Morgan fingerprint density at radius 1 is 1.40 bits per heavy atom. The van der Waals surface area contributed by atoms with Crippen LogP contribution < -0.4 is 0 Å². The molecule has 0 saturated carbocycles. The van der Waals surface area contributed by atoms with Crippen LogP contribution >= 0.6 is 11.9 Å². The van der Waals surface area contributed by atoms with E-state index < -0.39 is 0 Å². The lowest BCUT2D eigenvalue weighted by atomic mass is 9.85. The van der Waals surface area contributed by atoms with Gasteiger partial charge in [-0.25, -0.2) is 0 Å². The van der Waals surface area contributed by atoms with Gasteiger partial charge < -0.3 is 9.47 Å². The van der Waals surface area contributed by atoms with E-state index in [2.05, 4.69) is 25.4 Å². The van der Waals surface area contributed by atoms with Crippen LogP contribution in [0.25, 0.3) is 0 Å². The molecule has 0 amide bonds. The van der Waals surface area contributed by atoms with Gasteiger partial charge in [0.25, 0.3) is 0 Å². The second-order valence-electron chi connectivity index (χ2n) is 4.05. The Balaban J connectivity index is 2.72. The minimum Gasteiger partial charge on any atom is -0.378 e. The number of nitrogens with zero attached hydrogens (tertiary/aromatic N) is 1. The van der Waals surface area contributed by atoms with E-state index >= 15 is 0 Å². The van der Waals surface area contributed by atoms with Crippen LogP contribution in [0.1, 0.15) is 27.2 Å². The van der Waals surface area contributed by atoms with E-state index in [0.29, 0.717) is 5.92 Å². The van der Waals surface area contributed by atoms with Crippen molar-refractivity contribution < 1.29 is 9.47 Å². The highest BCUT2D eigenvalue weighted by atomic mass is 32.2. The Kier molecular flexibility index (Phi) is 5.02. The van der Waals surface area contributed by atoms with Gasteiger partial charge >= 0.3 is 0 Å². The van der Waals surface area contributed by atoms with E-state index in [-0.39, 0.29) is 23.6 Å². The quantitative estimate of drug-likeness (QED) is 0.553. The number of rotatable bonds is 4. The summed E-state index contributed by atoms with van der Waals surface area (Å²) in [4.78, 5) is 10.3. The van der Waals surface area contributed by atoms with E-state index in [1.54, 1.807) is 7.11 Å². The Labute approximate surface area is 95.2 Å². The summed E-state index contributed by atoms with van der Waals surface area (Å²) in [7, 11) is 1.71. The third-order valence-corrected chi connectivity index (χ3v) is 4.11. The molecule has 15 heavy (non-hydrogen) atoms. The second kappa shape index (κ2) is 5.82. The molecule has 1 rings (SSSR count). The lowest BCUT2D eigenvalue weighted by Gasteiger charge is -2.42. The molecule has 1 saturated heterocycles. The van der Waals surface area contributed by atoms with Gasteiger partial charge in [0.1, 0.15) is 5.44 Å². The summed E-state index contributed by atoms with van der Waals surface area (Å²) in [5.41, 5.74) is -0.131. The van der Waals surface area contributed by atoms with Crippen molar-refractivity contribution in [2.24, 2.45) is 16.4 Å². The molecule has 5 heteroatoms. The molecule has 0 radical (unpaired) electrons. The van der Waals surface area contributed by atoms with E-state index in [1.165, 1.54) is 0 Å². The van der Waals surface area contributed by atoms with Crippen molar-refractivity contribution in [1.82, 2.24) is 0 Å². The minimum atomic E-state index is -0.131. The first-order valence-electron chi connectivity index (χ1n) is 5.32. The summed E-state index contributed by atoms with van der Waals surface area (Å²) >= 11 is 0.987. The van der Waals surface area contributed by atoms with E-state index in [0.717, 1.165) is 18.4 Å². The molecule has 88 valence electrons. The molecule has 0 aromatic carbocycles. The van der Waals surface area contributed by atoms with Crippen LogP contribution in [0.2, 0.25) is 0 Å². The Morgan fingerprint density at radius 3 is 2.53 bits per heavy atom. The lowest BCUT2D eigenvalue weighted by molar-refractivity contribution is -0.151. The van der Waals surface area contributed by atoms with Gasteiger partial charge in [-0.15, -0.1) is 4.91 Å². The van der Waals surface area contributed by atoms with Gasteiger partial charge in [0, 0.05) is 11.7 Å². The van der Waals surface area contributed by atoms with Crippen molar-refractivity contribution in [2.75, 3.05) is 7.11 Å². The first-order chi connectivity index (χ1) is 7.15. The van der Waals surface area contributed by atoms with Gasteiger partial charge in [-0.05, 0) is 18.3 Å². The predicted molar refractivity (Wildman–Crippen MR) is 61.5 cm³/mol. The maximum Gasteiger partial charge on any atom is 0.131 e. The molecule has 1 aliphatic rings. The number of methoxy groups -OCH3 is 1. The SMILES string of the molecule is CCC1OC(SN=O)C(C)C(C)C1OC. The zero-order chi connectivity index (χ0) is 11.4. The van der Waals surface area contributed by atoms with Crippen molar-refractivity contribution in [1.29, 1.82) is 0 Å². The summed E-state index contributed by atoms with van der Waals surface area (Å²) in [6.07, 6.45) is 1.08. The molecule has 1 fully saturated rings. The Morgan fingerprint density at radius 2 is 2.07 bits per heavy atom. The summed E-state index contributed by atoms with van der Waals surface area (Å²) in [6.45, 7) is 6.28. The molecule has 0 spiro atoms. The van der Waals surface area contributed by atoms with Crippen molar-refractivity contribution in [3.63, 3.8) is 0 Å². The molecular formula is C10H19NO3S. The van der Waals surface area contributed by atoms with Crippen LogP contribution in [-0.4, -0.2) is 24.8 Å². The fourth-order valence-electron chi connectivity index (χ4n) is 2.12. The van der Waals surface area contributed by atoms with Crippen LogP contribution in [0, 0.1) is 16.7 Å². The van der Waals surface area contributed by atoms with Gasteiger partial charge in [-0.3, -0.25) is 0 Å². The van der Waals surface area contributed by atoms with E-state index in [1.807, 2.05) is 0 Å². The Bertz CT molecular complexity index is 213. The van der Waals surface area contributed by atoms with Crippen LogP contribution in [0.15, 0.2) is 4.58 Å². The maximum atomic E-state index is 10.3. The molecule has 1 heterocycles. The topological polar surface area (TPSA) is 47.9 Å². The van der Waals surface area contributed by atoms with Gasteiger partial charge in [0.15, 0.2) is 0 Å². The summed E-state index contributed by atoms with van der Waals surface area (Å²) in [6, 6.07) is 0. The highest BCUT2D eigenvalue weighted by molar-refractivity contribution is 7.98. The number of nitroso groups, excluding NO2 is 1. The highest BCUT2D eigenvalue weighted by Gasteiger charge is 2.41. The molecule has 0 aromatic heterocycles. The van der Waals surface area contributed by atoms with Gasteiger partial charge in [-0.1, -0.05) is 20.8 Å². The Hall–Kier alpha value is -0.130. The van der Waals surface area contributed by atoms with Gasteiger partial charge in [0.05, 0.1) is 24.2 Å². The molecular weight excluding hydrogens is 214 g/mol. The first kappa shape index (κ1) is 12.9. The normalized spacial score (nSPS) is 41.5. The van der Waals surface area contributed by atoms with Crippen molar-refractivity contribution in [2.45, 2.75) is 44.8 Å². The highest BCUT2D eigenvalue weighted by Crippen LogP contribution is 2.38. The monoisotopic (exact) mass is 233 g/mol. The molecule has 5 unspecified atom stereocenters. The van der Waals surface area contributed by atoms with Crippen molar-refractivity contribution in [3.8, 4) is 0 Å². The molecule has 4 nitrogen and oxygen atoms in total. The standard InChI is InChI=1S/C10H19NO3S/c1-5-8-9(13-4)6(2)7(3)10(14-8)15-11-12/h6-10H,5H2,1-4H3. The third kappa shape index (κ3) is 2.71. The van der Waals surface area contributed by atoms with Crippen molar-refractivity contribution >= 4 is 11.9 Å². The largest absolute Gasteiger partial charge is 0.378 e. The number of hydrogen-bond donors (Lipinski definition) is 0. The second-order valence-corrected chi connectivity index (χ2v) is 4.87. The lowest BCUT2D eigenvalue weighted by Crippen LogP contribution is -2.48. The van der Waals surface area contributed by atoms with Crippen LogP contribution in [0.4, 0.5) is 0 Å². The molecule has 5 atom stereocenters. The van der Waals surface area contributed by atoms with E-state index in [9.17, 15) is 4.91 Å². The van der Waals surface area contributed by atoms with E-state index in [4.69, 9.17) is 9.47 Å². The fourth-order valence-corrected chi connectivity index (χ4v) is 2.83.